The number of hydrogen-bond donors (Lipinski definition) is 0. The number of rotatable bonds is 4. The molecular formula is C21H24N2OS. The van der Waals surface area contributed by atoms with Gasteiger partial charge in [-0.15, -0.1) is 11.8 Å². The Morgan fingerprint density at radius 2 is 2.04 bits per heavy atom. The van der Waals surface area contributed by atoms with Gasteiger partial charge in [-0.3, -0.25) is 4.79 Å². The predicted molar refractivity (Wildman–Crippen MR) is 106 cm³/mol. The lowest BCUT2D eigenvalue weighted by Crippen LogP contribution is -2.28. The molecule has 1 unspecified atom stereocenters. The Labute approximate surface area is 154 Å². The van der Waals surface area contributed by atoms with Gasteiger partial charge in [0.05, 0.1) is 11.1 Å². The minimum Gasteiger partial charge on any atom is -0.295 e. The van der Waals surface area contributed by atoms with Crippen LogP contribution in [-0.2, 0) is 4.79 Å². The second-order valence-electron chi connectivity index (χ2n) is 6.60. The lowest BCUT2D eigenvalue weighted by atomic mass is 9.77. The summed E-state index contributed by atoms with van der Waals surface area (Å²) in [5.74, 6) is 0.0816. The number of carbonyl (C=O) groups excluding carboxylic acids is 1. The number of aliphatic imine (C=N–C) groups is 1. The van der Waals surface area contributed by atoms with Crippen LogP contribution < -0.4 is 0 Å². The van der Waals surface area contributed by atoms with E-state index in [0.717, 1.165) is 27.6 Å². The summed E-state index contributed by atoms with van der Waals surface area (Å²) in [6.45, 7) is 9.57. The van der Waals surface area contributed by atoms with E-state index in [-0.39, 0.29) is 11.7 Å². The van der Waals surface area contributed by atoms with Crippen molar-refractivity contribution in [3.8, 4) is 6.07 Å². The third-order valence-corrected chi connectivity index (χ3v) is 5.19. The summed E-state index contributed by atoms with van der Waals surface area (Å²) in [5.41, 5.74) is 4.75. The van der Waals surface area contributed by atoms with Crippen LogP contribution in [0.15, 0.2) is 52.2 Å². The van der Waals surface area contributed by atoms with Gasteiger partial charge in [0.2, 0.25) is 0 Å². The number of aryl methyl sites for hydroxylation is 1. The van der Waals surface area contributed by atoms with Crippen LogP contribution in [0.1, 0.15) is 44.7 Å². The van der Waals surface area contributed by atoms with E-state index in [1.165, 1.54) is 5.57 Å². The Balaban J connectivity index is 2.52. The molecule has 0 N–H and O–H groups in total. The minimum absolute atomic E-state index is 0.0126. The van der Waals surface area contributed by atoms with Gasteiger partial charge in [0, 0.05) is 22.9 Å². The van der Waals surface area contributed by atoms with Crippen molar-refractivity contribution >= 4 is 22.6 Å². The fraction of sp³-hybridized carbons (Fsp3) is 0.381. The molecule has 0 radical (unpaired) electrons. The van der Waals surface area contributed by atoms with Crippen LogP contribution in [0.25, 0.3) is 0 Å². The van der Waals surface area contributed by atoms with Gasteiger partial charge in [-0.05, 0) is 40.2 Å². The first-order valence-electron chi connectivity index (χ1n) is 8.37. The normalized spacial score (nSPS) is 19.9. The number of hydrogen-bond acceptors (Lipinski definition) is 4. The Morgan fingerprint density at radius 1 is 1.32 bits per heavy atom. The van der Waals surface area contributed by atoms with Crippen molar-refractivity contribution < 1.29 is 4.79 Å². The number of nitrogens with zero attached hydrogens (tertiary/aromatic N) is 2. The van der Waals surface area contributed by atoms with Crippen molar-refractivity contribution in [2.75, 3.05) is 5.75 Å². The van der Waals surface area contributed by atoms with E-state index in [1.54, 1.807) is 18.7 Å². The molecule has 1 aromatic rings. The number of nitriles is 1. The van der Waals surface area contributed by atoms with Gasteiger partial charge in [0.15, 0.2) is 5.78 Å². The van der Waals surface area contributed by atoms with Crippen molar-refractivity contribution in [1.29, 1.82) is 5.26 Å². The Hall–Kier alpha value is -2.12. The maximum absolute atomic E-state index is 12.3. The molecule has 2 rings (SSSR count). The first kappa shape index (κ1) is 19.2. The molecule has 2 atom stereocenters. The van der Waals surface area contributed by atoms with E-state index in [9.17, 15) is 10.1 Å². The van der Waals surface area contributed by atoms with Crippen LogP contribution in [0.3, 0.4) is 0 Å². The van der Waals surface area contributed by atoms with Gasteiger partial charge in [-0.25, -0.2) is 4.99 Å². The molecule has 0 spiro atoms. The van der Waals surface area contributed by atoms with Gasteiger partial charge in [-0.2, -0.15) is 5.26 Å². The number of Topliss-reactive ketones (excluding diaryl/α,β-unsaturated/α-hetero) is 1. The summed E-state index contributed by atoms with van der Waals surface area (Å²) >= 11 is 1.58. The van der Waals surface area contributed by atoms with E-state index in [0.29, 0.717) is 5.57 Å². The number of allylic oxidation sites excluding steroid dienone is 3. The molecule has 0 saturated heterocycles. The summed E-state index contributed by atoms with van der Waals surface area (Å²) < 4.78 is 0. The van der Waals surface area contributed by atoms with Gasteiger partial charge in [0.25, 0.3) is 0 Å². The van der Waals surface area contributed by atoms with Crippen molar-refractivity contribution in [1.82, 2.24) is 0 Å². The molecule has 0 saturated carbocycles. The second-order valence-corrected chi connectivity index (χ2v) is 7.64. The zero-order chi connectivity index (χ0) is 18.6. The van der Waals surface area contributed by atoms with Crippen molar-refractivity contribution in [2.45, 2.75) is 40.5 Å². The van der Waals surface area contributed by atoms with Gasteiger partial charge >= 0.3 is 0 Å². The summed E-state index contributed by atoms with van der Waals surface area (Å²) in [6.07, 6.45) is 2.13. The maximum atomic E-state index is 12.3. The molecular weight excluding hydrogens is 328 g/mol. The quantitative estimate of drug-likeness (QED) is 0.700. The van der Waals surface area contributed by atoms with E-state index < -0.39 is 5.92 Å². The SMILES string of the molecule is CC(=O)C1=C(C)N=C(SCC=C(C)C)C(C#N)[C@H]1c1cccc(C)c1. The van der Waals surface area contributed by atoms with Crippen molar-refractivity contribution in [3.63, 3.8) is 0 Å². The van der Waals surface area contributed by atoms with E-state index in [2.05, 4.69) is 37.1 Å². The molecule has 1 aliphatic heterocycles. The number of ketones is 1. The highest BCUT2D eigenvalue weighted by Gasteiger charge is 2.37. The summed E-state index contributed by atoms with van der Waals surface area (Å²) in [5, 5.41) is 10.7. The topological polar surface area (TPSA) is 53.2 Å². The minimum atomic E-state index is -0.431. The monoisotopic (exact) mass is 352 g/mol. The van der Waals surface area contributed by atoms with Gasteiger partial charge < -0.3 is 0 Å². The maximum Gasteiger partial charge on any atom is 0.158 e. The molecule has 4 heteroatoms. The van der Waals surface area contributed by atoms with Crippen LogP contribution in [0.5, 0.6) is 0 Å². The molecule has 0 fully saturated rings. The van der Waals surface area contributed by atoms with Crippen LogP contribution in [-0.4, -0.2) is 16.6 Å². The highest BCUT2D eigenvalue weighted by Crippen LogP contribution is 2.41. The summed E-state index contributed by atoms with van der Waals surface area (Å²) in [4.78, 5) is 16.9. The second kappa shape index (κ2) is 8.31. The summed E-state index contributed by atoms with van der Waals surface area (Å²) in [6, 6.07) is 10.5. The summed E-state index contributed by atoms with van der Waals surface area (Å²) in [7, 11) is 0. The number of benzene rings is 1. The molecule has 130 valence electrons. The molecule has 25 heavy (non-hydrogen) atoms. The van der Waals surface area contributed by atoms with Crippen molar-refractivity contribution in [3.05, 3.63) is 58.3 Å². The molecule has 0 amide bonds. The average Bonchev–Trinajstić information content (AvgIpc) is 2.53. The van der Waals surface area contributed by atoms with E-state index in [1.807, 2.05) is 32.0 Å². The zero-order valence-corrected chi connectivity index (χ0v) is 16.3. The third kappa shape index (κ3) is 4.49. The van der Waals surface area contributed by atoms with Crippen LogP contribution >= 0.6 is 11.8 Å². The van der Waals surface area contributed by atoms with Gasteiger partial charge in [0.1, 0.15) is 5.92 Å². The Morgan fingerprint density at radius 3 is 2.60 bits per heavy atom. The molecule has 1 heterocycles. The first-order valence-corrected chi connectivity index (χ1v) is 9.36. The molecule has 1 aromatic carbocycles. The largest absolute Gasteiger partial charge is 0.295 e. The molecule has 0 aliphatic carbocycles. The Kier molecular flexibility index (Phi) is 6.39. The lowest BCUT2D eigenvalue weighted by molar-refractivity contribution is -0.114. The van der Waals surface area contributed by atoms with Gasteiger partial charge in [-0.1, -0.05) is 41.5 Å². The smallest absolute Gasteiger partial charge is 0.158 e. The highest BCUT2D eigenvalue weighted by molar-refractivity contribution is 8.14. The molecule has 0 aromatic heterocycles. The standard InChI is InChI=1S/C21H24N2OS/c1-13(2)9-10-25-21-18(12-22)20(17-8-6-7-14(3)11-17)19(16(5)24)15(4)23-21/h6-9,11,18,20H,10H2,1-5H3/t18?,20-/m1/s1. The molecule has 0 bridgehead atoms. The lowest BCUT2D eigenvalue weighted by Gasteiger charge is -2.30. The van der Waals surface area contributed by atoms with E-state index in [4.69, 9.17) is 0 Å². The third-order valence-electron chi connectivity index (χ3n) is 4.22. The zero-order valence-electron chi connectivity index (χ0n) is 15.5. The average molecular weight is 353 g/mol. The highest BCUT2D eigenvalue weighted by atomic mass is 32.2. The van der Waals surface area contributed by atoms with Crippen LogP contribution in [0.4, 0.5) is 0 Å². The van der Waals surface area contributed by atoms with E-state index >= 15 is 0 Å². The number of thioether (sulfide) groups is 1. The fourth-order valence-electron chi connectivity index (χ4n) is 3.07. The molecule has 1 aliphatic rings. The number of carbonyl (C=O) groups is 1. The predicted octanol–water partition coefficient (Wildman–Crippen LogP) is 5.19. The Bertz CT molecular complexity index is 807. The van der Waals surface area contributed by atoms with Crippen LogP contribution in [0.2, 0.25) is 0 Å². The molecule has 3 nitrogen and oxygen atoms in total. The van der Waals surface area contributed by atoms with Crippen LogP contribution in [0, 0.1) is 24.2 Å². The fourth-order valence-corrected chi connectivity index (χ4v) is 4.23. The first-order chi connectivity index (χ1) is 11.8. The van der Waals surface area contributed by atoms with Crippen molar-refractivity contribution in [2.24, 2.45) is 10.9 Å².